The van der Waals surface area contributed by atoms with Gasteiger partial charge >= 0.3 is 0 Å². The van der Waals surface area contributed by atoms with Crippen LogP contribution in [-0.2, 0) is 0 Å². The van der Waals surface area contributed by atoms with Gasteiger partial charge in [0.25, 0.3) is 5.91 Å². The number of hydrogen-bond acceptors (Lipinski definition) is 3. The largest absolute Gasteiger partial charge is 0.451 e. The van der Waals surface area contributed by atoms with Crippen LogP contribution in [0, 0.1) is 11.8 Å². The van der Waals surface area contributed by atoms with Gasteiger partial charge in [0.1, 0.15) is 5.58 Å². The number of hydrogen-bond donors (Lipinski definition) is 2. The van der Waals surface area contributed by atoms with E-state index in [0.717, 1.165) is 11.8 Å². The van der Waals surface area contributed by atoms with Gasteiger partial charge in [0.2, 0.25) is 0 Å². The summed E-state index contributed by atoms with van der Waals surface area (Å²) in [6.07, 6.45) is 2.21. The van der Waals surface area contributed by atoms with Crippen LogP contribution in [0.2, 0.25) is 0 Å². The number of nitrogens with one attached hydrogen (secondary N) is 1. The standard InChI is InChI=1S/C16H20N2O2/c1-9-3-5-13(10(9)2)18-16(19)15-8-11-7-12(17)4-6-14(11)20-15/h4,6-10,13H,3,5,17H2,1-2H3,(H,18,19). The Kier molecular flexibility index (Phi) is 3.16. The Labute approximate surface area is 118 Å². The fourth-order valence-corrected chi connectivity index (χ4v) is 2.98. The lowest BCUT2D eigenvalue weighted by Crippen LogP contribution is -2.37. The van der Waals surface area contributed by atoms with Crippen molar-refractivity contribution >= 4 is 22.6 Å². The van der Waals surface area contributed by atoms with E-state index in [1.165, 1.54) is 6.42 Å². The summed E-state index contributed by atoms with van der Waals surface area (Å²) in [4.78, 5) is 12.3. The molecule has 1 heterocycles. The topological polar surface area (TPSA) is 68.3 Å². The normalized spacial score (nSPS) is 26.0. The molecule has 1 aromatic heterocycles. The molecule has 20 heavy (non-hydrogen) atoms. The fraction of sp³-hybridized carbons (Fsp3) is 0.438. The summed E-state index contributed by atoms with van der Waals surface area (Å²) in [6.45, 7) is 4.43. The van der Waals surface area contributed by atoms with E-state index in [2.05, 4.69) is 19.2 Å². The third-order valence-electron chi connectivity index (χ3n) is 4.55. The zero-order valence-electron chi connectivity index (χ0n) is 11.8. The van der Waals surface area contributed by atoms with Gasteiger partial charge in [-0.3, -0.25) is 4.79 Å². The summed E-state index contributed by atoms with van der Waals surface area (Å²) >= 11 is 0. The quantitative estimate of drug-likeness (QED) is 0.825. The zero-order chi connectivity index (χ0) is 14.3. The van der Waals surface area contributed by atoms with Gasteiger partial charge in [0.15, 0.2) is 5.76 Å². The highest BCUT2D eigenvalue weighted by molar-refractivity contribution is 5.96. The van der Waals surface area contributed by atoms with Crippen molar-refractivity contribution in [1.82, 2.24) is 5.32 Å². The van der Waals surface area contributed by atoms with E-state index in [9.17, 15) is 4.79 Å². The number of carbonyl (C=O) groups is 1. The Bertz CT molecular complexity index is 647. The van der Waals surface area contributed by atoms with E-state index < -0.39 is 0 Å². The van der Waals surface area contributed by atoms with Gasteiger partial charge in [-0.15, -0.1) is 0 Å². The van der Waals surface area contributed by atoms with E-state index in [-0.39, 0.29) is 11.9 Å². The van der Waals surface area contributed by atoms with Crippen molar-refractivity contribution in [2.75, 3.05) is 5.73 Å². The minimum Gasteiger partial charge on any atom is -0.451 e. The molecule has 1 aliphatic carbocycles. The minimum absolute atomic E-state index is 0.134. The van der Waals surface area contributed by atoms with Crippen molar-refractivity contribution in [2.24, 2.45) is 11.8 Å². The number of amides is 1. The Hall–Kier alpha value is -1.97. The molecule has 3 rings (SSSR count). The van der Waals surface area contributed by atoms with E-state index in [1.807, 2.05) is 6.07 Å². The summed E-state index contributed by atoms with van der Waals surface area (Å²) in [5.41, 5.74) is 7.09. The number of carbonyl (C=O) groups excluding carboxylic acids is 1. The lowest BCUT2D eigenvalue weighted by atomic mass is 9.98. The van der Waals surface area contributed by atoms with E-state index in [4.69, 9.17) is 10.2 Å². The summed E-state index contributed by atoms with van der Waals surface area (Å²) in [5.74, 6) is 1.40. The molecular weight excluding hydrogens is 252 g/mol. The molecule has 1 aliphatic rings. The summed E-state index contributed by atoms with van der Waals surface area (Å²) < 4.78 is 5.59. The molecule has 1 amide bonds. The van der Waals surface area contributed by atoms with Crippen LogP contribution in [0.25, 0.3) is 11.0 Å². The van der Waals surface area contributed by atoms with Gasteiger partial charge in [0, 0.05) is 17.1 Å². The van der Waals surface area contributed by atoms with Crippen molar-refractivity contribution in [3.05, 3.63) is 30.0 Å². The number of fused-ring (bicyclic) bond motifs is 1. The molecule has 2 aromatic rings. The van der Waals surface area contributed by atoms with Crippen molar-refractivity contribution in [3.63, 3.8) is 0 Å². The molecule has 1 aromatic carbocycles. The first-order valence-electron chi connectivity index (χ1n) is 7.14. The second-order valence-corrected chi connectivity index (χ2v) is 5.90. The highest BCUT2D eigenvalue weighted by Gasteiger charge is 2.31. The third-order valence-corrected chi connectivity index (χ3v) is 4.55. The van der Waals surface area contributed by atoms with Crippen LogP contribution in [0.15, 0.2) is 28.7 Å². The number of anilines is 1. The Morgan fingerprint density at radius 3 is 2.80 bits per heavy atom. The van der Waals surface area contributed by atoms with Crippen molar-refractivity contribution in [2.45, 2.75) is 32.7 Å². The lowest BCUT2D eigenvalue weighted by Gasteiger charge is -2.18. The Morgan fingerprint density at radius 1 is 1.30 bits per heavy atom. The summed E-state index contributed by atoms with van der Waals surface area (Å²) in [6, 6.07) is 7.38. The minimum atomic E-state index is -0.134. The predicted octanol–water partition coefficient (Wildman–Crippen LogP) is 3.18. The summed E-state index contributed by atoms with van der Waals surface area (Å²) in [5, 5.41) is 3.95. The van der Waals surface area contributed by atoms with Gasteiger partial charge in [-0.2, -0.15) is 0 Å². The fourth-order valence-electron chi connectivity index (χ4n) is 2.98. The molecule has 0 radical (unpaired) electrons. The van der Waals surface area contributed by atoms with Crippen LogP contribution >= 0.6 is 0 Å². The molecular formula is C16H20N2O2. The average Bonchev–Trinajstić information content (AvgIpc) is 2.96. The first-order valence-corrected chi connectivity index (χ1v) is 7.14. The molecule has 106 valence electrons. The van der Waals surface area contributed by atoms with Gasteiger partial charge in [0.05, 0.1) is 0 Å². The zero-order valence-corrected chi connectivity index (χ0v) is 11.8. The van der Waals surface area contributed by atoms with Gasteiger partial charge in [-0.25, -0.2) is 0 Å². The molecule has 1 fully saturated rings. The monoisotopic (exact) mass is 272 g/mol. The van der Waals surface area contributed by atoms with E-state index >= 15 is 0 Å². The molecule has 3 atom stereocenters. The predicted molar refractivity (Wildman–Crippen MR) is 79.4 cm³/mol. The number of rotatable bonds is 2. The third kappa shape index (κ3) is 2.26. The molecule has 0 aliphatic heterocycles. The number of benzene rings is 1. The van der Waals surface area contributed by atoms with E-state index in [0.29, 0.717) is 28.9 Å². The number of furan rings is 1. The van der Waals surface area contributed by atoms with Gasteiger partial charge in [-0.1, -0.05) is 13.8 Å². The Morgan fingerprint density at radius 2 is 2.10 bits per heavy atom. The average molecular weight is 272 g/mol. The molecule has 1 saturated carbocycles. The molecule has 0 spiro atoms. The van der Waals surface area contributed by atoms with Crippen LogP contribution in [0.1, 0.15) is 37.2 Å². The number of nitrogen functional groups attached to an aromatic ring is 1. The molecule has 0 bridgehead atoms. The van der Waals surface area contributed by atoms with Crippen molar-refractivity contribution in [3.8, 4) is 0 Å². The van der Waals surface area contributed by atoms with E-state index in [1.54, 1.807) is 18.2 Å². The van der Waals surface area contributed by atoms with Gasteiger partial charge in [-0.05, 0) is 48.9 Å². The molecule has 4 heteroatoms. The lowest BCUT2D eigenvalue weighted by molar-refractivity contribution is 0.0901. The molecule has 0 saturated heterocycles. The maximum atomic E-state index is 12.3. The van der Waals surface area contributed by atoms with Crippen LogP contribution in [-0.4, -0.2) is 11.9 Å². The van der Waals surface area contributed by atoms with Crippen LogP contribution in [0.4, 0.5) is 5.69 Å². The maximum absolute atomic E-state index is 12.3. The molecule has 3 unspecified atom stereocenters. The summed E-state index contributed by atoms with van der Waals surface area (Å²) in [7, 11) is 0. The first-order chi connectivity index (χ1) is 9.54. The second kappa shape index (κ2) is 4.85. The van der Waals surface area contributed by atoms with Crippen LogP contribution < -0.4 is 11.1 Å². The van der Waals surface area contributed by atoms with Gasteiger partial charge < -0.3 is 15.5 Å². The van der Waals surface area contributed by atoms with Crippen molar-refractivity contribution in [1.29, 1.82) is 0 Å². The highest BCUT2D eigenvalue weighted by atomic mass is 16.3. The highest BCUT2D eigenvalue weighted by Crippen LogP contribution is 2.31. The van der Waals surface area contributed by atoms with Crippen LogP contribution in [0.3, 0.4) is 0 Å². The Balaban J connectivity index is 1.79. The maximum Gasteiger partial charge on any atom is 0.287 e. The number of nitrogens with two attached hydrogens (primary N) is 1. The first kappa shape index (κ1) is 13.0. The SMILES string of the molecule is CC1CCC(NC(=O)c2cc3cc(N)ccc3o2)C1C. The van der Waals surface area contributed by atoms with Crippen LogP contribution in [0.5, 0.6) is 0 Å². The molecule has 3 N–H and O–H groups in total. The second-order valence-electron chi connectivity index (χ2n) is 5.90. The smallest absolute Gasteiger partial charge is 0.287 e. The van der Waals surface area contributed by atoms with Crippen molar-refractivity contribution < 1.29 is 9.21 Å². The molecule has 4 nitrogen and oxygen atoms in total.